The molecule has 2 aromatic rings. The standard InChI is InChI=1S/C17H17BrN2O2/c1-11-8-13(6-7-15(11)18)19-17(21)20-14-9-12-4-2-3-5-16(12)22-10-14/h2-8,14H,9-10H2,1H3,(H2,19,20,21). The van der Waals surface area contributed by atoms with E-state index in [4.69, 9.17) is 4.74 Å². The number of amides is 2. The van der Waals surface area contributed by atoms with Crippen LogP contribution in [-0.4, -0.2) is 18.7 Å². The van der Waals surface area contributed by atoms with Gasteiger partial charge in [0.2, 0.25) is 0 Å². The summed E-state index contributed by atoms with van der Waals surface area (Å²) in [4.78, 5) is 12.1. The van der Waals surface area contributed by atoms with Crippen molar-refractivity contribution >= 4 is 27.6 Å². The Morgan fingerprint density at radius 3 is 2.91 bits per heavy atom. The number of benzene rings is 2. The van der Waals surface area contributed by atoms with E-state index in [1.165, 1.54) is 0 Å². The summed E-state index contributed by atoms with van der Waals surface area (Å²) < 4.78 is 6.70. The van der Waals surface area contributed by atoms with Crippen LogP contribution < -0.4 is 15.4 Å². The van der Waals surface area contributed by atoms with Gasteiger partial charge < -0.3 is 15.4 Å². The fourth-order valence-electron chi connectivity index (χ4n) is 2.50. The molecule has 1 aliphatic heterocycles. The van der Waals surface area contributed by atoms with Crippen LogP contribution in [0, 0.1) is 6.92 Å². The Balaban J connectivity index is 1.59. The summed E-state index contributed by atoms with van der Waals surface area (Å²) in [5, 5.41) is 5.81. The molecule has 0 saturated heterocycles. The molecule has 1 heterocycles. The van der Waals surface area contributed by atoms with Crippen molar-refractivity contribution in [3.8, 4) is 5.75 Å². The molecule has 1 unspecified atom stereocenters. The lowest BCUT2D eigenvalue weighted by Crippen LogP contribution is -2.44. The molecule has 0 fully saturated rings. The molecule has 0 radical (unpaired) electrons. The normalized spacial score (nSPS) is 16.4. The average molecular weight is 361 g/mol. The Morgan fingerprint density at radius 1 is 1.27 bits per heavy atom. The molecule has 22 heavy (non-hydrogen) atoms. The number of nitrogens with one attached hydrogen (secondary N) is 2. The minimum absolute atomic E-state index is 0.0218. The van der Waals surface area contributed by atoms with E-state index in [0.717, 1.165) is 33.5 Å². The zero-order valence-corrected chi connectivity index (χ0v) is 13.8. The molecular weight excluding hydrogens is 344 g/mol. The first kappa shape index (κ1) is 14.9. The summed E-state index contributed by atoms with van der Waals surface area (Å²) in [6.45, 7) is 2.48. The monoisotopic (exact) mass is 360 g/mol. The molecule has 0 saturated carbocycles. The van der Waals surface area contributed by atoms with Crippen molar-refractivity contribution in [2.75, 3.05) is 11.9 Å². The Kier molecular flexibility index (Phi) is 4.34. The second-order valence-corrected chi connectivity index (χ2v) is 6.24. The van der Waals surface area contributed by atoms with Crippen LogP contribution in [0.4, 0.5) is 10.5 Å². The number of ether oxygens (including phenoxy) is 1. The molecule has 1 atom stereocenters. The molecule has 2 aromatic carbocycles. The van der Waals surface area contributed by atoms with Gasteiger partial charge in [0, 0.05) is 10.2 Å². The van der Waals surface area contributed by atoms with E-state index in [1.807, 2.05) is 49.4 Å². The molecule has 1 aliphatic rings. The Labute approximate surface area is 138 Å². The van der Waals surface area contributed by atoms with Crippen LogP contribution in [0.25, 0.3) is 0 Å². The molecule has 0 aliphatic carbocycles. The zero-order chi connectivity index (χ0) is 15.5. The van der Waals surface area contributed by atoms with Crippen molar-refractivity contribution in [3.63, 3.8) is 0 Å². The van der Waals surface area contributed by atoms with Crippen LogP contribution in [0.5, 0.6) is 5.75 Å². The third kappa shape index (κ3) is 3.42. The Bertz CT molecular complexity index is 703. The van der Waals surface area contributed by atoms with Crippen LogP contribution in [0.3, 0.4) is 0 Å². The minimum atomic E-state index is -0.213. The van der Waals surface area contributed by atoms with Crippen molar-refractivity contribution in [3.05, 3.63) is 58.1 Å². The maximum absolute atomic E-state index is 12.1. The number of hydrogen-bond acceptors (Lipinski definition) is 2. The van der Waals surface area contributed by atoms with E-state index < -0.39 is 0 Å². The average Bonchev–Trinajstić information content (AvgIpc) is 2.51. The maximum atomic E-state index is 12.1. The largest absolute Gasteiger partial charge is 0.491 e. The fraction of sp³-hybridized carbons (Fsp3) is 0.235. The predicted molar refractivity (Wildman–Crippen MR) is 90.5 cm³/mol. The second-order valence-electron chi connectivity index (χ2n) is 5.38. The maximum Gasteiger partial charge on any atom is 0.319 e. The Morgan fingerprint density at radius 2 is 2.09 bits per heavy atom. The van der Waals surface area contributed by atoms with Crippen molar-refractivity contribution in [2.24, 2.45) is 0 Å². The van der Waals surface area contributed by atoms with Gasteiger partial charge in [-0.05, 0) is 48.7 Å². The number of fused-ring (bicyclic) bond motifs is 1. The molecule has 3 rings (SSSR count). The van der Waals surface area contributed by atoms with Gasteiger partial charge in [-0.1, -0.05) is 34.1 Å². The van der Waals surface area contributed by atoms with Gasteiger partial charge in [-0.15, -0.1) is 0 Å². The highest BCUT2D eigenvalue weighted by Gasteiger charge is 2.21. The number of carbonyl (C=O) groups is 1. The van der Waals surface area contributed by atoms with Gasteiger partial charge >= 0.3 is 6.03 Å². The lowest BCUT2D eigenvalue weighted by Gasteiger charge is -2.26. The molecule has 4 nitrogen and oxygen atoms in total. The summed E-state index contributed by atoms with van der Waals surface area (Å²) in [6, 6.07) is 13.4. The molecule has 2 amide bonds. The zero-order valence-electron chi connectivity index (χ0n) is 12.2. The number of anilines is 1. The first-order chi connectivity index (χ1) is 10.6. The van der Waals surface area contributed by atoms with E-state index in [0.29, 0.717) is 6.61 Å². The molecule has 114 valence electrons. The highest BCUT2D eigenvalue weighted by molar-refractivity contribution is 9.10. The Hall–Kier alpha value is -2.01. The van der Waals surface area contributed by atoms with Gasteiger partial charge in [-0.25, -0.2) is 4.79 Å². The van der Waals surface area contributed by atoms with E-state index in [9.17, 15) is 4.79 Å². The van der Waals surface area contributed by atoms with Gasteiger partial charge in [-0.2, -0.15) is 0 Å². The molecule has 0 spiro atoms. The molecule has 2 N–H and O–H groups in total. The lowest BCUT2D eigenvalue weighted by atomic mass is 10.0. The number of aryl methyl sites for hydroxylation is 1. The first-order valence-corrected chi connectivity index (χ1v) is 7.95. The van der Waals surface area contributed by atoms with Crippen LogP contribution in [0.15, 0.2) is 46.9 Å². The first-order valence-electron chi connectivity index (χ1n) is 7.16. The van der Waals surface area contributed by atoms with Gasteiger partial charge in [-0.3, -0.25) is 0 Å². The number of carbonyl (C=O) groups excluding carboxylic acids is 1. The minimum Gasteiger partial charge on any atom is -0.491 e. The van der Waals surface area contributed by atoms with E-state index in [-0.39, 0.29) is 12.1 Å². The highest BCUT2D eigenvalue weighted by atomic mass is 79.9. The van der Waals surface area contributed by atoms with Crippen molar-refractivity contribution < 1.29 is 9.53 Å². The van der Waals surface area contributed by atoms with Gasteiger partial charge in [0.15, 0.2) is 0 Å². The molecule has 0 aromatic heterocycles. The van der Waals surface area contributed by atoms with Crippen molar-refractivity contribution in [1.82, 2.24) is 5.32 Å². The molecular formula is C17H17BrN2O2. The number of urea groups is 1. The third-order valence-corrected chi connectivity index (χ3v) is 4.52. The topological polar surface area (TPSA) is 50.4 Å². The van der Waals surface area contributed by atoms with E-state index in [1.54, 1.807) is 0 Å². The summed E-state index contributed by atoms with van der Waals surface area (Å²) >= 11 is 3.45. The van der Waals surface area contributed by atoms with Crippen molar-refractivity contribution in [1.29, 1.82) is 0 Å². The van der Waals surface area contributed by atoms with Crippen molar-refractivity contribution in [2.45, 2.75) is 19.4 Å². The lowest BCUT2D eigenvalue weighted by molar-refractivity contribution is 0.222. The van der Waals surface area contributed by atoms with Gasteiger partial charge in [0.1, 0.15) is 12.4 Å². The summed E-state index contributed by atoms with van der Waals surface area (Å²) in [6.07, 6.45) is 0.781. The number of halogens is 1. The number of rotatable bonds is 2. The van der Waals surface area contributed by atoms with Crippen LogP contribution in [0.1, 0.15) is 11.1 Å². The van der Waals surface area contributed by atoms with Gasteiger partial charge in [0.05, 0.1) is 6.04 Å². The second kappa shape index (κ2) is 6.40. The number of hydrogen-bond donors (Lipinski definition) is 2. The quantitative estimate of drug-likeness (QED) is 0.853. The van der Waals surface area contributed by atoms with Crippen LogP contribution in [0.2, 0.25) is 0 Å². The molecule has 0 bridgehead atoms. The number of para-hydroxylation sites is 1. The molecule has 5 heteroatoms. The van der Waals surface area contributed by atoms with Crippen LogP contribution >= 0.6 is 15.9 Å². The highest BCUT2D eigenvalue weighted by Crippen LogP contribution is 2.24. The predicted octanol–water partition coefficient (Wildman–Crippen LogP) is 3.88. The van der Waals surface area contributed by atoms with E-state index >= 15 is 0 Å². The third-order valence-electron chi connectivity index (χ3n) is 3.63. The van der Waals surface area contributed by atoms with Crippen LogP contribution in [-0.2, 0) is 6.42 Å². The summed E-state index contributed by atoms with van der Waals surface area (Å²) in [5.74, 6) is 0.907. The smallest absolute Gasteiger partial charge is 0.319 e. The van der Waals surface area contributed by atoms with E-state index in [2.05, 4.69) is 26.6 Å². The summed E-state index contributed by atoms with van der Waals surface area (Å²) in [5.41, 5.74) is 2.97. The fourth-order valence-corrected chi connectivity index (χ4v) is 2.74. The SMILES string of the molecule is Cc1cc(NC(=O)NC2COc3ccccc3C2)ccc1Br. The van der Waals surface area contributed by atoms with Gasteiger partial charge in [0.25, 0.3) is 0 Å². The summed E-state index contributed by atoms with van der Waals surface area (Å²) in [7, 11) is 0.